The van der Waals surface area contributed by atoms with Crippen LogP contribution in [0.2, 0.25) is 0 Å². The van der Waals surface area contributed by atoms with Crippen molar-refractivity contribution in [2.45, 2.75) is 12.2 Å². The van der Waals surface area contributed by atoms with E-state index in [0.29, 0.717) is 11.5 Å². The number of hydrogen-bond donors (Lipinski definition) is 0. The molecule has 0 aromatic heterocycles. The van der Waals surface area contributed by atoms with Gasteiger partial charge in [0, 0.05) is 11.1 Å². The minimum Gasteiger partial charge on any atom is -0.457 e. The number of ether oxygens (including phenoxy) is 3. The van der Waals surface area contributed by atoms with E-state index in [1.165, 1.54) is 48.5 Å². The largest absolute Gasteiger partial charge is 0.488 e. The Hall–Kier alpha value is -4.36. The van der Waals surface area contributed by atoms with Gasteiger partial charge in [-0.25, -0.2) is 0 Å². The minimum atomic E-state index is -5.20. The monoisotopic (exact) mass is 576 g/mol. The Bertz CT molecular complexity index is 1570. The van der Waals surface area contributed by atoms with Crippen LogP contribution in [0.1, 0.15) is 17.0 Å². The first-order valence-corrected chi connectivity index (χ1v) is 13.8. The zero-order valence-electron chi connectivity index (χ0n) is 19.6. The molecular weight excluding hydrogens is 558 g/mol. The van der Waals surface area contributed by atoms with Gasteiger partial charge in [-0.3, -0.25) is 0 Å². The topological polar surface area (TPSA) is 114 Å². The summed E-state index contributed by atoms with van der Waals surface area (Å²) >= 11 is 0. The van der Waals surface area contributed by atoms with Gasteiger partial charge in [0.25, 0.3) is 6.29 Å². The third kappa shape index (κ3) is 6.56. The Morgan fingerprint density at radius 3 is 1.31 bits per heavy atom. The van der Waals surface area contributed by atoms with E-state index in [4.69, 9.17) is 14.2 Å². The maximum Gasteiger partial charge on any atom is 0.488 e. The molecule has 0 bridgehead atoms. The van der Waals surface area contributed by atoms with Gasteiger partial charge < -0.3 is 22.6 Å². The maximum absolute atomic E-state index is 12.9. The summed E-state index contributed by atoms with van der Waals surface area (Å²) in [5, 5.41) is 0. The minimum absolute atomic E-state index is 0.230. The van der Waals surface area contributed by atoms with E-state index in [-0.39, 0.29) is 23.0 Å². The quantitative estimate of drug-likeness (QED) is 0.186. The Kier molecular flexibility index (Phi) is 7.02. The molecule has 0 saturated carbocycles. The first kappa shape index (κ1) is 26.3. The molecule has 4 aromatic carbocycles. The van der Waals surface area contributed by atoms with Crippen molar-refractivity contribution in [2.24, 2.45) is 0 Å². The van der Waals surface area contributed by atoms with Crippen LogP contribution in [-0.2, 0) is 21.0 Å². The van der Waals surface area contributed by atoms with Crippen LogP contribution < -0.4 is 22.6 Å². The number of halogens is 2. The molecule has 39 heavy (non-hydrogen) atoms. The highest BCUT2D eigenvalue weighted by Crippen LogP contribution is 2.46. The fourth-order valence-electron chi connectivity index (χ4n) is 4.05. The average molecular weight is 577 g/mol. The molecule has 0 fully saturated rings. The normalized spacial score (nSPS) is 13.1. The summed E-state index contributed by atoms with van der Waals surface area (Å²) in [4.78, 5) is 0. The Morgan fingerprint density at radius 2 is 0.923 bits per heavy atom. The van der Waals surface area contributed by atoms with Crippen LogP contribution in [0.4, 0.5) is 7.77 Å². The molecular formula is C26H18F2O9S2. The van der Waals surface area contributed by atoms with Crippen LogP contribution in [0.5, 0.6) is 34.5 Å². The molecule has 0 atom stereocenters. The standard InChI is InChI=1S/C26H18F2O9S2/c27-38(29,30)36-19-13-9-17(10-14-19)33-26(34-18-11-15-20(16-12-18)37-39(28,31)32)25-21-5-1-3-7-23(21)35-24-8-4-2-6-22(24)25/h1-16,25-26H. The van der Waals surface area contributed by atoms with Crippen LogP contribution in [-0.4, -0.2) is 23.1 Å². The van der Waals surface area contributed by atoms with Gasteiger partial charge in [-0.2, -0.15) is 16.8 Å². The molecule has 0 spiro atoms. The number of para-hydroxylation sites is 2. The van der Waals surface area contributed by atoms with Gasteiger partial charge in [-0.1, -0.05) is 44.2 Å². The van der Waals surface area contributed by atoms with E-state index in [0.717, 1.165) is 11.1 Å². The van der Waals surface area contributed by atoms with Gasteiger partial charge in [0.2, 0.25) is 0 Å². The highest BCUT2D eigenvalue weighted by atomic mass is 32.3. The molecule has 0 aliphatic carbocycles. The van der Waals surface area contributed by atoms with Crippen molar-refractivity contribution in [1.82, 2.24) is 0 Å². The number of rotatable bonds is 9. The predicted molar refractivity (Wildman–Crippen MR) is 134 cm³/mol. The van der Waals surface area contributed by atoms with Crippen LogP contribution in [0, 0.1) is 0 Å². The molecule has 0 radical (unpaired) electrons. The Balaban J connectivity index is 1.52. The van der Waals surface area contributed by atoms with Gasteiger partial charge in [0.1, 0.15) is 34.5 Å². The van der Waals surface area contributed by atoms with Gasteiger partial charge in [0.05, 0.1) is 5.92 Å². The summed E-state index contributed by atoms with van der Waals surface area (Å²) in [6.07, 6.45) is -1.07. The van der Waals surface area contributed by atoms with E-state index in [2.05, 4.69) is 8.37 Å². The lowest BCUT2D eigenvalue weighted by atomic mass is 9.87. The average Bonchev–Trinajstić information content (AvgIpc) is 2.87. The lowest BCUT2D eigenvalue weighted by Crippen LogP contribution is -2.34. The fourth-order valence-corrected chi connectivity index (χ4v) is 4.73. The summed E-state index contributed by atoms with van der Waals surface area (Å²) in [6.45, 7) is 0. The van der Waals surface area contributed by atoms with Crippen LogP contribution in [0.3, 0.4) is 0 Å². The highest BCUT2D eigenvalue weighted by Gasteiger charge is 2.36. The molecule has 0 unspecified atom stereocenters. The summed E-state index contributed by atoms with van der Waals surface area (Å²) in [6, 6.07) is 24.9. The van der Waals surface area contributed by atoms with E-state index in [9.17, 15) is 24.6 Å². The van der Waals surface area contributed by atoms with Crippen molar-refractivity contribution in [3.63, 3.8) is 0 Å². The van der Waals surface area contributed by atoms with Crippen molar-refractivity contribution in [1.29, 1.82) is 0 Å². The van der Waals surface area contributed by atoms with Crippen molar-refractivity contribution in [2.75, 3.05) is 0 Å². The fraction of sp³-hybridized carbons (Fsp3) is 0.0769. The number of benzene rings is 4. The second-order valence-corrected chi connectivity index (χ2v) is 10.1. The molecule has 1 aliphatic rings. The van der Waals surface area contributed by atoms with E-state index in [1.807, 2.05) is 36.4 Å². The van der Waals surface area contributed by atoms with Crippen LogP contribution >= 0.6 is 0 Å². The van der Waals surface area contributed by atoms with Crippen molar-refractivity contribution in [3.05, 3.63) is 108 Å². The van der Waals surface area contributed by atoms with Gasteiger partial charge in [-0.15, -0.1) is 0 Å². The lowest BCUT2D eigenvalue weighted by molar-refractivity contribution is -0.00887. The van der Waals surface area contributed by atoms with Gasteiger partial charge in [0.15, 0.2) is 0 Å². The molecule has 1 heterocycles. The zero-order valence-corrected chi connectivity index (χ0v) is 21.3. The highest BCUT2D eigenvalue weighted by molar-refractivity contribution is 7.82. The third-order valence-corrected chi connectivity index (χ3v) is 6.33. The second kappa shape index (κ2) is 10.4. The van der Waals surface area contributed by atoms with Gasteiger partial charge in [-0.05, 0) is 60.7 Å². The molecule has 9 nitrogen and oxygen atoms in total. The van der Waals surface area contributed by atoms with Crippen molar-refractivity contribution >= 4 is 21.0 Å². The molecule has 13 heteroatoms. The zero-order chi connectivity index (χ0) is 27.6. The Morgan fingerprint density at radius 1 is 0.564 bits per heavy atom. The molecule has 4 aromatic rings. The van der Waals surface area contributed by atoms with Crippen molar-refractivity contribution in [3.8, 4) is 34.5 Å². The molecule has 202 valence electrons. The smallest absolute Gasteiger partial charge is 0.457 e. The summed E-state index contributed by atoms with van der Waals surface area (Å²) < 4.78 is 95.9. The van der Waals surface area contributed by atoms with E-state index in [1.54, 1.807) is 12.1 Å². The molecule has 5 rings (SSSR count). The first-order chi connectivity index (χ1) is 18.5. The number of fused-ring (bicyclic) bond motifs is 2. The summed E-state index contributed by atoms with van der Waals surface area (Å²) in [5.74, 6) is 0.543. The summed E-state index contributed by atoms with van der Waals surface area (Å²) in [5.41, 5.74) is 1.49. The van der Waals surface area contributed by atoms with E-state index < -0.39 is 33.2 Å². The van der Waals surface area contributed by atoms with Crippen LogP contribution in [0.15, 0.2) is 97.1 Å². The summed E-state index contributed by atoms with van der Waals surface area (Å²) in [7, 11) is -10.4. The second-order valence-electron chi connectivity index (χ2n) is 8.16. The molecule has 0 amide bonds. The number of hydrogen-bond acceptors (Lipinski definition) is 9. The molecule has 0 saturated heterocycles. The van der Waals surface area contributed by atoms with Gasteiger partial charge >= 0.3 is 21.0 Å². The first-order valence-electron chi connectivity index (χ1n) is 11.2. The van der Waals surface area contributed by atoms with E-state index >= 15 is 0 Å². The van der Waals surface area contributed by atoms with Crippen molar-refractivity contribution < 1.29 is 47.2 Å². The predicted octanol–water partition coefficient (Wildman–Crippen LogP) is 5.59. The molecule has 0 N–H and O–H groups in total. The Labute approximate surface area is 222 Å². The molecule has 1 aliphatic heterocycles. The maximum atomic E-state index is 12.9. The van der Waals surface area contributed by atoms with Crippen LogP contribution in [0.25, 0.3) is 0 Å². The third-order valence-electron chi connectivity index (χ3n) is 5.54. The SMILES string of the molecule is O=S(=O)(F)Oc1ccc(OC(Oc2ccc(OS(=O)(=O)F)cc2)C2c3ccccc3Oc3ccccc32)cc1. The lowest BCUT2D eigenvalue weighted by Gasteiger charge is -2.33.